The Morgan fingerprint density at radius 2 is 1.04 bits per heavy atom. The van der Waals surface area contributed by atoms with Crippen LogP contribution in [0.15, 0.2) is 11.3 Å². The Labute approximate surface area is 527 Å². The van der Waals surface area contributed by atoms with Crippen LogP contribution in [-0.2, 0) is 61.6 Å². The average molecular weight is 1310 g/mol. The normalized spacial score (nSPS) is 53.8. The molecule has 0 unspecified atom stereocenters. The SMILES string of the molecule is CC1=C(CC[C@@H](C)CO[C@@H]2O[C@H](CO)[C@@H](O)[C@H](O)[C@H]2O)O[C@H]2C[C@H]3[C@@H]4CC[C@@H]5C[C@@H](O[C@@H]6O[C@H](CO)[C@H](O[C@@H]7O[C@H](CO)[C@@H](O)[C@H](O[C@@H]8OC[C@@H](O)[C@H](O)[C@H]8O)[C@H]7O[C@@H]7OC[C@H](O)[C@H](O)[C@H]7O)[C@H](O)[C@H]6O[C@@H]6O[C@@H](C)[C@H](O)[C@@H](O)[C@H]6O)CC[C@]5(C)[C@H]4CC[C@]3(C)[C@@H]12. The minimum absolute atomic E-state index is 0.0253. The molecule has 7 heterocycles. The van der Waals surface area contributed by atoms with Gasteiger partial charge in [0.1, 0.15) is 134 Å². The van der Waals surface area contributed by atoms with E-state index in [9.17, 15) is 86.8 Å². The molecular formula is C61H100O30. The lowest BCUT2D eigenvalue weighted by atomic mass is 9.44. The highest BCUT2D eigenvalue weighted by molar-refractivity contribution is 5.27. The predicted molar refractivity (Wildman–Crippen MR) is 302 cm³/mol. The Hall–Kier alpha value is -1.62. The second kappa shape index (κ2) is 28.7. The van der Waals surface area contributed by atoms with Crippen molar-refractivity contribution in [1.29, 1.82) is 0 Å². The molecule has 17 N–H and O–H groups in total. The van der Waals surface area contributed by atoms with Crippen LogP contribution in [0.25, 0.3) is 0 Å². The van der Waals surface area contributed by atoms with Crippen LogP contribution in [0.1, 0.15) is 98.8 Å². The molecule has 0 amide bonds. The molecule has 0 radical (unpaired) electrons. The van der Waals surface area contributed by atoms with E-state index in [2.05, 4.69) is 20.8 Å². The Kier molecular flexibility index (Phi) is 22.3. The molecule has 91 heavy (non-hydrogen) atoms. The fraction of sp³-hybridized carbons (Fsp3) is 0.967. The summed E-state index contributed by atoms with van der Waals surface area (Å²) in [6.07, 6.45) is -38.6. The number of allylic oxidation sites excluding steroid dienone is 1. The quantitative estimate of drug-likeness (QED) is 0.0538. The van der Waals surface area contributed by atoms with E-state index in [1.54, 1.807) is 0 Å². The average Bonchev–Trinajstić information content (AvgIpc) is 1.60. The first-order valence-corrected chi connectivity index (χ1v) is 32.7. The zero-order chi connectivity index (χ0) is 65.4. The maximum atomic E-state index is 12.7. The smallest absolute Gasteiger partial charge is 0.187 e. The molecule has 4 saturated carbocycles. The van der Waals surface area contributed by atoms with E-state index in [1.165, 1.54) is 12.5 Å². The summed E-state index contributed by atoms with van der Waals surface area (Å²) in [6.45, 7) is 7.32. The van der Waals surface area contributed by atoms with Gasteiger partial charge in [0.05, 0.1) is 57.6 Å². The van der Waals surface area contributed by atoms with Crippen LogP contribution in [0.2, 0.25) is 0 Å². The van der Waals surface area contributed by atoms with Crippen molar-refractivity contribution in [3.8, 4) is 0 Å². The maximum Gasteiger partial charge on any atom is 0.187 e. The number of rotatable bonds is 19. The monoisotopic (exact) mass is 1310 g/mol. The number of hydrogen-bond donors (Lipinski definition) is 17. The molecule has 7 aliphatic heterocycles. The summed E-state index contributed by atoms with van der Waals surface area (Å²) in [7, 11) is 0. The first-order valence-electron chi connectivity index (χ1n) is 32.7. The van der Waals surface area contributed by atoms with Crippen molar-refractivity contribution in [3.63, 3.8) is 0 Å². The van der Waals surface area contributed by atoms with Crippen LogP contribution in [-0.4, -0.2) is 311 Å². The third-order valence-electron chi connectivity index (χ3n) is 22.9. The maximum absolute atomic E-state index is 12.7. The molecule has 11 rings (SSSR count). The van der Waals surface area contributed by atoms with Gasteiger partial charge in [0, 0.05) is 12.3 Å². The standard InChI is InChI=1S/C61H100O30/c1-22(19-79-54-47(76)44(73)41(70)34(16-62)85-54)6-9-32-23(2)37-33(84-32)15-29-27-8-7-25-14-26(10-12-60(25,4)28(27)11-13-61(29,37)5)83-58-52(90-57-48(77)43(72)38(67)24(3)82-57)49(78)50(36(18-64)87-58)88-59-53(91-56-46(75)40(69)31(66)21-81-56)51(42(71)35(17-63)86-59)89-55-45(74)39(68)30(65)20-80-55/h22,24-31,33-59,62-78H,6-21H2,1-5H3/t22-,24+,25-,26+,27-,28+,29+,30-,31+,33+,34-,35-,36-,37+,38+,39+,40+,41-,42-,43-,44+,45-,46-,47-,48-,49+,50+,51+,52-,53-,54-,55+,56+,57+,58-,59+,60+,61+/m1/s1. The summed E-state index contributed by atoms with van der Waals surface area (Å²) >= 11 is 0. The molecule has 0 bridgehead atoms. The topological polar surface area (TPSA) is 464 Å². The number of hydrogen-bond acceptors (Lipinski definition) is 30. The van der Waals surface area contributed by atoms with E-state index < -0.39 is 211 Å². The fourth-order valence-electron chi connectivity index (χ4n) is 17.5. The van der Waals surface area contributed by atoms with Crippen molar-refractivity contribution in [2.75, 3.05) is 39.6 Å². The van der Waals surface area contributed by atoms with Gasteiger partial charge in [-0.15, -0.1) is 0 Å². The molecule has 6 saturated heterocycles. The van der Waals surface area contributed by atoms with Gasteiger partial charge in [-0.1, -0.05) is 20.8 Å². The van der Waals surface area contributed by atoms with Crippen molar-refractivity contribution >= 4 is 0 Å². The van der Waals surface area contributed by atoms with Crippen LogP contribution in [0.4, 0.5) is 0 Å². The van der Waals surface area contributed by atoms with Gasteiger partial charge in [-0.3, -0.25) is 0 Å². The number of aliphatic hydroxyl groups excluding tert-OH is 17. The molecule has 0 aromatic rings. The third kappa shape index (κ3) is 13.5. The Morgan fingerprint density at radius 3 is 1.70 bits per heavy atom. The van der Waals surface area contributed by atoms with Crippen molar-refractivity contribution in [2.45, 2.75) is 283 Å². The van der Waals surface area contributed by atoms with Gasteiger partial charge >= 0.3 is 0 Å². The second-order valence-corrected chi connectivity index (χ2v) is 28.4. The lowest BCUT2D eigenvalue weighted by Gasteiger charge is -2.61. The summed E-state index contributed by atoms with van der Waals surface area (Å²) in [4.78, 5) is 0. The number of aliphatic hydroxyl groups is 17. The summed E-state index contributed by atoms with van der Waals surface area (Å²) in [5, 5.41) is 183. The highest BCUT2D eigenvalue weighted by Crippen LogP contribution is 2.70. The summed E-state index contributed by atoms with van der Waals surface area (Å²) < 4.78 is 79.5. The summed E-state index contributed by atoms with van der Waals surface area (Å²) in [5.74, 6) is 2.85. The van der Waals surface area contributed by atoms with Gasteiger partial charge in [0.15, 0.2) is 37.7 Å². The van der Waals surface area contributed by atoms with E-state index in [-0.39, 0.29) is 41.3 Å². The Morgan fingerprint density at radius 1 is 0.495 bits per heavy atom. The molecule has 0 aromatic heterocycles. The zero-order valence-electron chi connectivity index (χ0n) is 52.0. The van der Waals surface area contributed by atoms with E-state index >= 15 is 0 Å². The lowest BCUT2D eigenvalue weighted by molar-refractivity contribution is -0.408. The van der Waals surface area contributed by atoms with Crippen LogP contribution in [0.3, 0.4) is 0 Å². The number of fused-ring (bicyclic) bond motifs is 7. The first-order chi connectivity index (χ1) is 43.2. The Balaban J connectivity index is 0.776. The molecule has 10 fully saturated rings. The Bertz CT molecular complexity index is 2420. The van der Waals surface area contributed by atoms with Crippen molar-refractivity contribution in [3.05, 3.63) is 11.3 Å². The predicted octanol–water partition coefficient (Wildman–Crippen LogP) is -5.05. The first kappa shape index (κ1) is 70.7. The van der Waals surface area contributed by atoms with Crippen LogP contribution in [0.5, 0.6) is 0 Å². The van der Waals surface area contributed by atoms with Gasteiger partial charge in [-0.25, -0.2) is 0 Å². The van der Waals surface area contributed by atoms with Gasteiger partial charge in [-0.05, 0) is 118 Å². The van der Waals surface area contributed by atoms with Crippen molar-refractivity contribution < 1.29 is 148 Å². The molecular weight excluding hydrogens is 1210 g/mol. The molecule has 0 spiro atoms. The molecule has 11 aliphatic rings. The number of ether oxygens (including phenoxy) is 13. The van der Waals surface area contributed by atoms with E-state index in [0.717, 1.165) is 50.7 Å². The van der Waals surface area contributed by atoms with Gasteiger partial charge in [-0.2, -0.15) is 0 Å². The molecule has 0 aromatic carbocycles. The van der Waals surface area contributed by atoms with Crippen molar-refractivity contribution in [2.24, 2.45) is 46.3 Å². The van der Waals surface area contributed by atoms with Crippen LogP contribution < -0.4 is 0 Å². The molecule has 524 valence electrons. The van der Waals surface area contributed by atoms with Crippen LogP contribution in [0, 0.1) is 46.3 Å². The van der Waals surface area contributed by atoms with E-state index in [0.29, 0.717) is 37.0 Å². The molecule has 30 nitrogen and oxygen atoms in total. The summed E-state index contributed by atoms with van der Waals surface area (Å²) in [5.41, 5.74) is 1.26. The zero-order valence-corrected chi connectivity index (χ0v) is 52.0. The highest BCUT2D eigenvalue weighted by atomic mass is 16.8. The van der Waals surface area contributed by atoms with Gasteiger partial charge in [0.25, 0.3) is 0 Å². The van der Waals surface area contributed by atoms with Crippen LogP contribution >= 0.6 is 0 Å². The van der Waals surface area contributed by atoms with Gasteiger partial charge < -0.3 is 148 Å². The largest absolute Gasteiger partial charge is 0.494 e. The molecule has 4 aliphatic carbocycles. The minimum Gasteiger partial charge on any atom is -0.494 e. The summed E-state index contributed by atoms with van der Waals surface area (Å²) in [6, 6.07) is 0. The molecule has 38 atom stereocenters. The van der Waals surface area contributed by atoms with E-state index in [1.807, 2.05) is 6.92 Å². The second-order valence-electron chi connectivity index (χ2n) is 28.4. The fourth-order valence-corrected chi connectivity index (χ4v) is 17.5. The minimum atomic E-state index is -1.96. The molecule has 30 heteroatoms. The van der Waals surface area contributed by atoms with Gasteiger partial charge in [0.2, 0.25) is 0 Å². The highest BCUT2D eigenvalue weighted by Gasteiger charge is 2.66. The lowest BCUT2D eigenvalue weighted by Crippen LogP contribution is -2.68. The van der Waals surface area contributed by atoms with E-state index in [4.69, 9.17) is 61.6 Å². The van der Waals surface area contributed by atoms with Crippen molar-refractivity contribution in [1.82, 2.24) is 0 Å². The third-order valence-corrected chi connectivity index (χ3v) is 22.9.